The predicted molar refractivity (Wildman–Crippen MR) is 80.7 cm³/mol. The number of alkyl halides is 3. The zero-order valence-corrected chi connectivity index (χ0v) is 13.3. The number of rotatable bonds is 6. The van der Waals surface area contributed by atoms with Crippen molar-refractivity contribution in [1.29, 1.82) is 0 Å². The zero-order chi connectivity index (χ0) is 17.7. The van der Waals surface area contributed by atoms with Gasteiger partial charge in [-0.25, -0.2) is 4.68 Å². The Morgan fingerprint density at radius 1 is 1.38 bits per heavy atom. The number of nitrogens with two attached hydrogens (primary N) is 1. The van der Waals surface area contributed by atoms with Crippen LogP contribution in [0.4, 0.5) is 13.2 Å². The lowest BCUT2D eigenvalue weighted by Crippen LogP contribution is -2.25. The Kier molecular flexibility index (Phi) is 5.54. The first-order valence-corrected chi connectivity index (χ1v) is 7.60. The highest BCUT2D eigenvalue weighted by molar-refractivity contribution is 7.99. The van der Waals surface area contributed by atoms with E-state index in [1.165, 1.54) is 7.11 Å². The van der Waals surface area contributed by atoms with E-state index in [0.29, 0.717) is 10.4 Å². The molecule has 1 aromatic heterocycles. The quantitative estimate of drug-likeness (QED) is 0.597. The van der Waals surface area contributed by atoms with E-state index in [-0.39, 0.29) is 23.4 Å². The van der Waals surface area contributed by atoms with Gasteiger partial charge in [0.05, 0.1) is 12.9 Å². The molecule has 0 fully saturated rings. The van der Waals surface area contributed by atoms with Crippen LogP contribution in [-0.4, -0.2) is 33.6 Å². The molecule has 0 radical (unpaired) electrons. The molecule has 0 aliphatic heterocycles. The summed E-state index contributed by atoms with van der Waals surface area (Å²) in [6, 6.07) is 7.14. The molecule has 7 nitrogen and oxygen atoms in total. The summed E-state index contributed by atoms with van der Waals surface area (Å²) < 4.78 is 43.1. The second-order valence-corrected chi connectivity index (χ2v) is 5.49. The van der Waals surface area contributed by atoms with Crippen molar-refractivity contribution in [2.24, 2.45) is 0 Å². The Balaban J connectivity index is 1.89. The monoisotopic (exact) mass is 361 g/mol. The molecule has 1 amide bonds. The predicted octanol–water partition coefficient (Wildman–Crippen LogP) is 1.43. The molecular formula is C13H14F3N5O2S. The molecule has 130 valence electrons. The van der Waals surface area contributed by atoms with E-state index in [1.54, 1.807) is 24.3 Å². The number of methoxy groups -OCH3 is 1. The third-order valence-corrected chi connectivity index (χ3v) is 3.86. The summed E-state index contributed by atoms with van der Waals surface area (Å²) in [4.78, 5) is 11.8. The van der Waals surface area contributed by atoms with Gasteiger partial charge in [-0.05, 0) is 6.07 Å². The van der Waals surface area contributed by atoms with Crippen LogP contribution in [0.15, 0.2) is 29.4 Å². The molecule has 0 spiro atoms. The average molecular weight is 361 g/mol. The van der Waals surface area contributed by atoms with Crippen LogP contribution >= 0.6 is 11.8 Å². The maximum atomic E-state index is 12.5. The number of para-hydroxylation sites is 1. The third kappa shape index (κ3) is 4.31. The van der Waals surface area contributed by atoms with E-state index < -0.39 is 12.0 Å². The number of thioether (sulfide) groups is 1. The normalized spacial score (nSPS) is 11.3. The minimum atomic E-state index is -4.70. The Hall–Kier alpha value is -2.43. The summed E-state index contributed by atoms with van der Waals surface area (Å²) in [5.74, 6) is 4.05. The van der Waals surface area contributed by atoms with E-state index in [4.69, 9.17) is 10.6 Å². The lowest BCUT2D eigenvalue weighted by Gasteiger charge is -2.09. The number of carbonyl (C=O) groups excluding carboxylic acids is 1. The zero-order valence-electron chi connectivity index (χ0n) is 12.5. The van der Waals surface area contributed by atoms with E-state index in [9.17, 15) is 18.0 Å². The van der Waals surface area contributed by atoms with Crippen LogP contribution in [0.5, 0.6) is 5.75 Å². The van der Waals surface area contributed by atoms with Gasteiger partial charge in [0.25, 0.3) is 5.82 Å². The first-order valence-electron chi connectivity index (χ1n) is 6.62. The molecular weight excluding hydrogens is 347 g/mol. The molecule has 0 saturated heterocycles. The van der Waals surface area contributed by atoms with Gasteiger partial charge in [0.1, 0.15) is 5.75 Å². The van der Waals surface area contributed by atoms with Crippen molar-refractivity contribution < 1.29 is 22.7 Å². The van der Waals surface area contributed by atoms with Gasteiger partial charge < -0.3 is 15.9 Å². The SMILES string of the molecule is COc1ccccc1CNC(=O)CSc1nnc(C(F)(F)F)n1N. The van der Waals surface area contributed by atoms with Gasteiger partial charge >= 0.3 is 6.18 Å². The third-order valence-electron chi connectivity index (χ3n) is 2.92. The lowest BCUT2D eigenvalue weighted by molar-refractivity contribution is -0.146. The van der Waals surface area contributed by atoms with Crippen molar-refractivity contribution >= 4 is 17.7 Å². The van der Waals surface area contributed by atoms with Crippen molar-refractivity contribution in [3.8, 4) is 5.75 Å². The van der Waals surface area contributed by atoms with Crippen LogP contribution in [0.1, 0.15) is 11.4 Å². The summed E-state index contributed by atoms with van der Waals surface area (Å²) in [6.07, 6.45) is -4.70. The largest absolute Gasteiger partial charge is 0.496 e. The Labute approximate surface area is 139 Å². The maximum Gasteiger partial charge on any atom is 0.453 e. The molecule has 1 heterocycles. The number of hydrogen-bond acceptors (Lipinski definition) is 6. The van der Waals surface area contributed by atoms with Gasteiger partial charge in [-0.2, -0.15) is 13.2 Å². The molecule has 0 bridgehead atoms. The van der Waals surface area contributed by atoms with Crippen molar-refractivity contribution in [3.05, 3.63) is 35.7 Å². The standard InChI is InChI=1S/C13H14F3N5O2S/c1-23-9-5-3-2-4-8(9)6-18-10(22)7-24-12-20-19-11(21(12)17)13(14,15)16/h2-5H,6-7,17H2,1H3,(H,18,22). The van der Waals surface area contributed by atoms with E-state index in [0.717, 1.165) is 17.3 Å². The van der Waals surface area contributed by atoms with Crippen molar-refractivity contribution in [1.82, 2.24) is 20.2 Å². The number of hydrogen-bond donors (Lipinski definition) is 2. The minimum absolute atomic E-state index is 0.150. The maximum absolute atomic E-state index is 12.5. The molecule has 1 aromatic carbocycles. The summed E-state index contributed by atoms with van der Waals surface area (Å²) in [6.45, 7) is 0.229. The lowest BCUT2D eigenvalue weighted by atomic mass is 10.2. The molecule has 2 aromatic rings. The van der Waals surface area contributed by atoms with E-state index in [1.807, 2.05) is 0 Å². The second kappa shape index (κ2) is 7.43. The first kappa shape index (κ1) is 17.9. The van der Waals surface area contributed by atoms with Crippen LogP contribution in [0.2, 0.25) is 0 Å². The molecule has 0 saturated carbocycles. The molecule has 2 rings (SSSR count). The number of nitrogens with zero attached hydrogens (tertiary/aromatic N) is 3. The molecule has 3 N–H and O–H groups in total. The fourth-order valence-corrected chi connectivity index (χ4v) is 2.48. The van der Waals surface area contributed by atoms with Crippen molar-refractivity contribution in [2.45, 2.75) is 17.9 Å². The number of ether oxygens (including phenoxy) is 1. The van der Waals surface area contributed by atoms with Crippen LogP contribution in [-0.2, 0) is 17.5 Å². The van der Waals surface area contributed by atoms with E-state index >= 15 is 0 Å². The van der Waals surface area contributed by atoms with Crippen LogP contribution in [0.25, 0.3) is 0 Å². The van der Waals surface area contributed by atoms with Gasteiger partial charge in [0.15, 0.2) is 0 Å². The van der Waals surface area contributed by atoms with Gasteiger partial charge in [-0.1, -0.05) is 30.0 Å². The van der Waals surface area contributed by atoms with Crippen molar-refractivity contribution in [3.63, 3.8) is 0 Å². The number of aromatic nitrogens is 3. The average Bonchev–Trinajstić information content (AvgIpc) is 2.92. The Morgan fingerprint density at radius 3 is 2.71 bits per heavy atom. The number of carbonyl (C=O) groups is 1. The Morgan fingerprint density at radius 2 is 2.08 bits per heavy atom. The van der Waals surface area contributed by atoms with Gasteiger partial charge in [0, 0.05) is 12.1 Å². The fourth-order valence-electron chi connectivity index (χ4n) is 1.79. The number of nitrogens with one attached hydrogen (secondary N) is 1. The fraction of sp³-hybridized carbons (Fsp3) is 0.308. The smallest absolute Gasteiger partial charge is 0.453 e. The van der Waals surface area contributed by atoms with Gasteiger partial charge in [0.2, 0.25) is 11.1 Å². The number of nitrogen functional groups attached to an aromatic ring is 1. The highest BCUT2D eigenvalue weighted by atomic mass is 32.2. The number of benzene rings is 1. The minimum Gasteiger partial charge on any atom is -0.496 e. The molecule has 24 heavy (non-hydrogen) atoms. The Bertz CT molecular complexity index is 720. The summed E-state index contributed by atoms with van der Waals surface area (Å²) in [5, 5.41) is 8.75. The second-order valence-electron chi connectivity index (χ2n) is 4.55. The van der Waals surface area contributed by atoms with Gasteiger partial charge in [-0.3, -0.25) is 4.79 Å². The van der Waals surface area contributed by atoms with Crippen LogP contribution in [0.3, 0.4) is 0 Å². The molecule has 11 heteroatoms. The highest BCUT2D eigenvalue weighted by Crippen LogP contribution is 2.28. The number of halogens is 3. The number of amides is 1. The molecule has 0 atom stereocenters. The first-order chi connectivity index (χ1) is 11.3. The van der Waals surface area contributed by atoms with Crippen molar-refractivity contribution in [2.75, 3.05) is 18.7 Å². The molecule has 0 unspecified atom stereocenters. The van der Waals surface area contributed by atoms with Crippen LogP contribution in [0, 0.1) is 0 Å². The topological polar surface area (TPSA) is 95.1 Å². The van der Waals surface area contributed by atoms with E-state index in [2.05, 4.69) is 15.5 Å². The summed E-state index contributed by atoms with van der Waals surface area (Å²) >= 11 is 0.758. The van der Waals surface area contributed by atoms with Gasteiger partial charge in [-0.15, -0.1) is 10.2 Å². The summed E-state index contributed by atoms with van der Waals surface area (Å²) in [5.41, 5.74) is 0.777. The van der Waals surface area contributed by atoms with Crippen LogP contribution < -0.4 is 15.9 Å². The molecule has 0 aliphatic carbocycles. The highest BCUT2D eigenvalue weighted by Gasteiger charge is 2.38. The molecule has 0 aliphatic rings. The summed E-state index contributed by atoms with van der Waals surface area (Å²) in [7, 11) is 1.52.